The zero-order valence-electron chi connectivity index (χ0n) is 19.5. The second-order valence-corrected chi connectivity index (χ2v) is 9.46. The molecule has 2 nitrogen and oxygen atoms in total. The van der Waals surface area contributed by atoms with Crippen LogP contribution in [0.15, 0.2) is 54.7 Å². The Hall–Kier alpha value is -2.22. The average molecular weight is 418 g/mol. The minimum absolute atomic E-state index is 0.616. The normalized spacial score (nSPS) is 19.0. The average Bonchev–Trinajstić information content (AvgIpc) is 3.18. The molecule has 0 saturated heterocycles. The van der Waals surface area contributed by atoms with Gasteiger partial charge in [0.25, 0.3) is 0 Å². The smallest absolute Gasteiger partial charge is 0.143 e. The SMILES string of the molecule is CCCCCC1CCC(Cc2c(CC)cc3c(OCc4ccccc4)cccn23)CC1. The standard InChI is InChI=1S/C29H39NO/c1-3-5-7-11-23-15-17-24(18-16-23)20-27-26(4-2)21-28-29(14-10-19-30(27)28)31-22-25-12-8-6-9-13-25/h6,8-10,12-14,19,21,23-24H,3-5,7,11,15-18,20,22H2,1-2H3. The molecule has 0 spiro atoms. The Morgan fingerprint density at radius 1 is 0.903 bits per heavy atom. The van der Waals surface area contributed by atoms with Crippen LogP contribution in [-0.4, -0.2) is 4.40 Å². The Morgan fingerprint density at radius 3 is 2.42 bits per heavy atom. The van der Waals surface area contributed by atoms with Gasteiger partial charge in [-0.25, -0.2) is 0 Å². The molecule has 1 aromatic carbocycles. The third-order valence-corrected chi connectivity index (χ3v) is 7.25. The fourth-order valence-electron chi connectivity index (χ4n) is 5.35. The maximum absolute atomic E-state index is 6.25. The van der Waals surface area contributed by atoms with Crippen LogP contribution in [0.4, 0.5) is 0 Å². The molecule has 0 unspecified atom stereocenters. The first-order valence-corrected chi connectivity index (χ1v) is 12.6. The largest absolute Gasteiger partial charge is 0.487 e. The molecule has 0 aliphatic heterocycles. The van der Waals surface area contributed by atoms with E-state index in [1.807, 2.05) is 0 Å². The topological polar surface area (TPSA) is 13.6 Å². The van der Waals surface area contributed by atoms with Gasteiger partial charge in [-0.1, -0.05) is 82.7 Å². The monoisotopic (exact) mass is 417 g/mol. The Bertz CT molecular complexity index is 934. The van der Waals surface area contributed by atoms with Gasteiger partial charge in [0, 0.05) is 11.9 Å². The van der Waals surface area contributed by atoms with Crippen LogP contribution in [0.25, 0.3) is 5.52 Å². The number of nitrogens with zero attached hydrogens (tertiary/aromatic N) is 1. The van der Waals surface area contributed by atoms with Gasteiger partial charge in [0.15, 0.2) is 0 Å². The van der Waals surface area contributed by atoms with E-state index >= 15 is 0 Å². The number of fused-ring (bicyclic) bond motifs is 1. The van der Waals surface area contributed by atoms with Crippen molar-refractivity contribution in [1.29, 1.82) is 0 Å². The maximum atomic E-state index is 6.25. The summed E-state index contributed by atoms with van der Waals surface area (Å²) in [6, 6.07) is 17.1. The second-order valence-electron chi connectivity index (χ2n) is 9.46. The minimum Gasteiger partial charge on any atom is -0.487 e. The first kappa shape index (κ1) is 22.0. The highest BCUT2D eigenvalue weighted by atomic mass is 16.5. The molecule has 166 valence electrons. The lowest BCUT2D eigenvalue weighted by Gasteiger charge is -2.29. The summed E-state index contributed by atoms with van der Waals surface area (Å²) in [7, 11) is 0. The molecule has 0 N–H and O–H groups in total. The van der Waals surface area contributed by atoms with Gasteiger partial charge in [-0.3, -0.25) is 0 Å². The molecule has 3 aromatic rings. The summed E-state index contributed by atoms with van der Waals surface area (Å²) in [6.45, 7) is 5.21. The molecule has 2 heterocycles. The van der Waals surface area contributed by atoms with Gasteiger partial charge in [-0.15, -0.1) is 0 Å². The molecule has 2 heteroatoms. The van der Waals surface area contributed by atoms with Gasteiger partial charge in [0.1, 0.15) is 12.4 Å². The van der Waals surface area contributed by atoms with E-state index in [0.29, 0.717) is 6.61 Å². The summed E-state index contributed by atoms with van der Waals surface area (Å²) < 4.78 is 8.66. The summed E-state index contributed by atoms with van der Waals surface area (Å²) in [5.74, 6) is 2.81. The van der Waals surface area contributed by atoms with E-state index in [0.717, 1.165) is 24.0 Å². The number of aryl methyl sites for hydroxylation is 1. The van der Waals surface area contributed by atoms with Gasteiger partial charge in [-0.05, 0) is 66.8 Å². The van der Waals surface area contributed by atoms with E-state index in [-0.39, 0.29) is 0 Å². The summed E-state index contributed by atoms with van der Waals surface area (Å²) in [5.41, 5.74) is 5.43. The predicted octanol–water partition coefficient (Wildman–Crippen LogP) is 8.01. The lowest BCUT2D eigenvalue weighted by molar-refractivity contribution is 0.256. The second kappa shape index (κ2) is 10.9. The molecule has 4 rings (SSSR count). The van der Waals surface area contributed by atoms with Gasteiger partial charge in [0.2, 0.25) is 0 Å². The molecular formula is C29H39NO. The molecular weight excluding hydrogens is 378 g/mol. The number of rotatable bonds is 10. The summed E-state index contributed by atoms with van der Waals surface area (Å²) in [6.07, 6.45) is 15.8. The maximum Gasteiger partial charge on any atom is 0.143 e. The van der Waals surface area contributed by atoms with Crippen LogP contribution in [0.1, 0.15) is 82.0 Å². The predicted molar refractivity (Wildman–Crippen MR) is 131 cm³/mol. The summed E-state index contributed by atoms with van der Waals surface area (Å²) in [5, 5.41) is 0. The number of pyridine rings is 1. The molecule has 1 fully saturated rings. The molecule has 31 heavy (non-hydrogen) atoms. The summed E-state index contributed by atoms with van der Waals surface area (Å²) in [4.78, 5) is 0. The number of unbranched alkanes of at least 4 members (excludes halogenated alkanes) is 2. The van der Waals surface area contributed by atoms with E-state index in [1.165, 1.54) is 80.1 Å². The highest BCUT2D eigenvalue weighted by Crippen LogP contribution is 2.36. The Balaban J connectivity index is 1.44. The zero-order valence-corrected chi connectivity index (χ0v) is 19.5. The van der Waals surface area contributed by atoms with Crippen molar-refractivity contribution in [2.75, 3.05) is 0 Å². The quantitative estimate of drug-likeness (QED) is 0.305. The third-order valence-electron chi connectivity index (χ3n) is 7.25. The van der Waals surface area contributed by atoms with Crippen LogP contribution in [0.2, 0.25) is 0 Å². The van der Waals surface area contributed by atoms with Crippen molar-refractivity contribution >= 4 is 5.52 Å². The molecule has 0 atom stereocenters. The highest BCUT2D eigenvalue weighted by molar-refractivity contribution is 5.64. The van der Waals surface area contributed by atoms with Crippen LogP contribution >= 0.6 is 0 Å². The molecule has 1 saturated carbocycles. The highest BCUT2D eigenvalue weighted by Gasteiger charge is 2.23. The first-order valence-electron chi connectivity index (χ1n) is 12.6. The fourth-order valence-corrected chi connectivity index (χ4v) is 5.35. The number of benzene rings is 1. The molecule has 1 aliphatic carbocycles. The van der Waals surface area contributed by atoms with Crippen molar-refractivity contribution in [3.05, 3.63) is 71.5 Å². The Morgan fingerprint density at radius 2 is 1.68 bits per heavy atom. The van der Waals surface area contributed by atoms with E-state index in [1.54, 1.807) is 0 Å². The molecule has 1 aliphatic rings. The van der Waals surface area contributed by atoms with Crippen LogP contribution < -0.4 is 4.74 Å². The number of ether oxygens (including phenoxy) is 1. The van der Waals surface area contributed by atoms with Crippen molar-refractivity contribution < 1.29 is 4.74 Å². The van der Waals surface area contributed by atoms with Crippen molar-refractivity contribution in [3.63, 3.8) is 0 Å². The number of aromatic nitrogens is 1. The van der Waals surface area contributed by atoms with Crippen LogP contribution in [0.3, 0.4) is 0 Å². The minimum atomic E-state index is 0.616. The molecule has 2 aromatic heterocycles. The van der Waals surface area contributed by atoms with Crippen LogP contribution in [-0.2, 0) is 19.4 Å². The zero-order chi connectivity index (χ0) is 21.5. The van der Waals surface area contributed by atoms with E-state index in [2.05, 4.69) is 73.0 Å². The van der Waals surface area contributed by atoms with Gasteiger partial charge in [0.05, 0.1) is 5.52 Å². The first-order chi connectivity index (χ1) is 15.3. The lowest BCUT2D eigenvalue weighted by Crippen LogP contribution is -2.17. The van der Waals surface area contributed by atoms with Gasteiger partial charge >= 0.3 is 0 Å². The number of hydrogen-bond acceptors (Lipinski definition) is 1. The van der Waals surface area contributed by atoms with Crippen LogP contribution in [0.5, 0.6) is 5.75 Å². The van der Waals surface area contributed by atoms with Crippen molar-refractivity contribution in [3.8, 4) is 5.75 Å². The summed E-state index contributed by atoms with van der Waals surface area (Å²) >= 11 is 0. The third kappa shape index (κ3) is 5.53. The number of hydrogen-bond donors (Lipinski definition) is 0. The molecule has 0 amide bonds. The Labute approximate surface area is 188 Å². The van der Waals surface area contributed by atoms with Crippen LogP contribution in [0, 0.1) is 11.8 Å². The van der Waals surface area contributed by atoms with Crippen molar-refractivity contribution in [1.82, 2.24) is 4.40 Å². The molecule has 0 radical (unpaired) electrons. The van der Waals surface area contributed by atoms with Gasteiger partial charge < -0.3 is 9.14 Å². The van der Waals surface area contributed by atoms with Gasteiger partial charge in [-0.2, -0.15) is 0 Å². The van der Waals surface area contributed by atoms with E-state index < -0.39 is 0 Å². The van der Waals surface area contributed by atoms with E-state index in [4.69, 9.17) is 4.74 Å². The lowest BCUT2D eigenvalue weighted by atomic mass is 9.78. The van der Waals surface area contributed by atoms with Crippen molar-refractivity contribution in [2.45, 2.75) is 84.7 Å². The van der Waals surface area contributed by atoms with Crippen molar-refractivity contribution in [2.24, 2.45) is 11.8 Å². The molecule has 0 bridgehead atoms. The van der Waals surface area contributed by atoms with E-state index in [9.17, 15) is 0 Å². The Kier molecular flexibility index (Phi) is 7.72. The fraction of sp³-hybridized carbons (Fsp3) is 0.517.